The second kappa shape index (κ2) is 8.54. The lowest BCUT2D eigenvalue weighted by molar-refractivity contribution is -0.121. The summed E-state index contributed by atoms with van der Waals surface area (Å²) in [6, 6.07) is 7.34. The van der Waals surface area contributed by atoms with Gasteiger partial charge in [-0.3, -0.25) is 9.59 Å². The Morgan fingerprint density at radius 3 is 2.64 bits per heavy atom. The molecule has 1 aromatic carbocycles. The standard InChI is InChI=1S/C17H25N3O2/c1-2-19-17(22)15-6-3-13(4-7-15)12-20-16(21)8-5-14-9-10-18-11-14/h3-4,6-7,14,18H,2,5,8-12H2,1H3,(H,19,22)(H,20,21). The Kier molecular flexibility index (Phi) is 6.40. The van der Waals surface area contributed by atoms with Crippen molar-refractivity contribution in [3.05, 3.63) is 35.4 Å². The molecule has 3 N–H and O–H groups in total. The lowest BCUT2D eigenvalue weighted by Gasteiger charge is -2.09. The highest BCUT2D eigenvalue weighted by Crippen LogP contribution is 2.14. The molecule has 1 unspecified atom stereocenters. The minimum absolute atomic E-state index is 0.0664. The highest BCUT2D eigenvalue weighted by atomic mass is 16.2. The summed E-state index contributed by atoms with van der Waals surface area (Å²) in [6.07, 6.45) is 2.72. The molecule has 0 radical (unpaired) electrons. The van der Waals surface area contributed by atoms with E-state index in [4.69, 9.17) is 0 Å². The molecule has 0 spiro atoms. The number of hydrogen-bond donors (Lipinski definition) is 3. The van der Waals surface area contributed by atoms with Crippen LogP contribution in [0.1, 0.15) is 42.1 Å². The molecule has 5 heteroatoms. The number of rotatable bonds is 7. The molecule has 0 aliphatic carbocycles. The summed E-state index contributed by atoms with van der Waals surface area (Å²) in [7, 11) is 0. The van der Waals surface area contributed by atoms with Gasteiger partial charge in [0.15, 0.2) is 0 Å². The van der Waals surface area contributed by atoms with Crippen LogP contribution in [0.3, 0.4) is 0 Å². The summed E-state index contributed by atoms with van der Waals surface area (Å²) < 4.78 is 0. The van der Waals surface area contributed by atoms with E-state index in [9.17, 15) is 9.59 Å². The summed E-state index contributed by atoms with van der Waals surface area (Å²) in [5.74, 6) is 0.671. The zero-order chi connectivity index (χ0) is 15.8. The van der Waals surface area contributed by atoms with Crippen molar-refractivity contribution < 1.29 is 9.59 Å². The minimum Gasteiger partial charge on any atom is -0.352 e. The fraction of sp³-hybridized carbons (Fsp3) is 0.529. The molecule has 1 aromatic rings. The Morgan fingerprint density at radius 2 is 2.00 bits per heavy atom. The first-order chi connectivity index (χ1) is 10.7. The van der Waals surface area contributed by atoms with Gasteiger partial charge in [-0.1, -0.05) is 12.1 Å². The van der Waals surface area contributed by atoms with Gasteiger partial charge in [-0.05, 0) is 56.5 Å². The Balaban J connectivity index is 1.71. The van der Waals surface area contributed by atoms with Crippen molar-refractivity contribution in [1.82, 2.24) is 16.0 Å². The normalized spacial score (nSPS) is 17.2. The number of hydrogen-bond acceptors (Lipinski definition) is 3. The van der Waals surface area contributed by atoms with E-state index in [2.05, 4.69) is 16.0 Å². The van der Waals surface area contributed by atoms with Crippen LogP contribution in [0.25, 0.3) is 0 Å². The number of carbonyl (C=O) groups is 2. The zero-order valence-electron chi connectivity index (χ0n) is 13.2. The van der Waals surface area contributed by atoms with E-state index in [0.29, 0.717) is 31.0 Å². The molecule has 0 bridgehead atoms. The van der Waals surface area contributed by atoms with E-state index in [1.165, 1.54) is 6.42 Å². The fourth-order valence-electron chi connectivity index (χ4n) is 2.62. The van der Waals surface area contributed by atoms with E-state index in [1.54, 1.807) is 12.1 Å². The molecule has 0 aromatic heterocycles. The molecular formula is C17H25N3O2. The van der Waals surface area contributed by atoms with Crippen LogP contribution in [0.2, 0.25) is 0 Å². The van der Waals surface area contributed by atoms with Crippen LogP contribution in [0.4, 0.5) is 0 Å². The largest absolute Gasteiger partial charge is 0.352 e. The highest BCUT2D eigenvalue weighted by molar-refractivity contribution is 5.94. The maximum atomic E-state index is 11.8. The van der Waals surface area contributed by atoms with E-state index in [1.807, 2.05) is 19.1 Å². The summed E-state index contributed by atoms with van der Waals surface area (Å²) in [4.78, 5) is 23.5. The van der Waals surface area contributed by atoms with Crippen LogP contribution >= 0.6 is 0 Å². The third-order valence-electron chi connectivity index (χ3n) is 3.99. The minimum atomic E-state index is -0.0664. The van der Waals surface area contributed by atoms with E-state index >= 15 is 0 Å². The van der Waals surface area contributed by atoms with Crippen molar-refractivity contribution in [3.63, 3.8) is 0 Å². The first kappa shape index (κ1) is 16.5. The smallest absolute Gasteiger partial charge is 0.251 e. The van der Waals surface area contributed by atoms with E-state index in [-0.39, 0.29) is 11.8 Å². The van der Waals surface area contributed by atoms with Gasteiger partial charge in [-0.15, -0.1) is 0 Å². The van der Waals surface area contributed by atoms with E-state index < -0.39 is 0 Å². The van der Waals surface area contributed by atoms with Gasteiger partial charge in [0.1, 0.15) is 0 Å². The van der Waals surface area contributed by atoms with Crippen molar-refractivity contribution in [2.45, 2.75) is 32.7 Å². The second-order valence-electron chi connectivity index (χ2n) is 5.73. The van der Waals surface area contributed by atoms with Crippen LogP contribution in [-0.2, 0) is 11.3 Å². The molecule has 1 atom stereocenters. The topological polar surface area (TPSA) is 70.2 Å². The van der Waals surface area contributed by atoms with Crippen molar-refractivity contribution in [3.8, 4) is 0 Å². The van der Waals surface area contributed by atoms with Crippen LogP contribution in [0.15, 0.2) is 24.3 Å². The average molecular weight is 303 g/mol. The Hall–Kier alpha value is -1.88. The predicted molar refractivity (Wildman–Crippen MR) is 86.5 cm³/mol. The highest BCUT2D eigenvalue weighted by Gasteiger charge is 2.15. The summed E-state index contributed by atoms with van der Waals surface area (Å²) in [5.41, 5.74) is 1.65. The zero-order valence-corrected chi connectivity index (χ0v) is 13.2. The molecule has 22 heavy (non-hydrogen) atoms. The first-order valence-electron chi connectivity index (χ1n) is 8.03. The van der Waals surface area contributed by atoms with Gasteiger partial charge in [0.25, 0.3) is 5.91 Å². The molecule has 1 heterocycles. The number of benzene rings is 1. The van der Waals surface area contributed by atoms with Crippen molar-refractivity contribution in [1.29, 1.82) is 0 Å². The van der Waals surface area contributed by atoms with Gasteiger partial charge < -0.3 is 16.0 Å². The van der Waals surface area contributed by atoms with Gasteiger partial charge in [-0.2, -0.15) is 0 Å². The molecule has 0 saturated carbocycles. The third kappa shape index (κ3) is 5.15. The molecular weight excluding hydrogens is 278 g/mol. The predicted octanol–water partition coefficient (Wildman–Crippen LogP) is 1.44. The monoisotopic (exact) mass is 303 g/mol. The lowest BCUT2D eigenvalue weighted by Crippen LogP contribution is -2.24. The average Bonchev–Trinajstić information content (AvgIpc) is 3.05. The fourth-order valence-corrected chi connectivity index (χ4v) is 2.62. The van der Waals surface area contributed by atoms with Crippen LogP contribution in [0, 0.1) is 5.92 Å². The maximum absolute atomic E-state index is 11.8. The molecule has 120 valence electrons. The van der Waals surface area contributed by atoms with Gasteiger partial charge >= 0.3 is 0 Å². The summed E-state index contributed by atoms with van der Waals surface area (Å²) in [6.45, 7) is 5.13. The summed E-state index contributed by atoms with van der Waals surface area (Å²) >= 11 is 0. The van der Waals surface area contributed by atoms with Gasteiger partial charge in [0.2, 0.25) is 5.91 Å². The Morgan fingerprint density at radius 1 is 1.23 bits per heavy atom. The Bertz CT molecular complexity index is 493. The van der Waals surface area contributed by atoms with Crippen molar-refractivity contribution in [2.75, 3.05) is 19.6 Å². The number of nitrogens with one attached hydrogen (secondary N) is 3. The maximum Gasteiger partial charge on any atom is 0.251 e. The quantitative estimate of drug-likeness (QED) is 0.714. The molecule has 1 saturated heterocycles. The van der Waals surface area contributed by atoms with Crippen LogP contribution in [-0.4, -0.2) is 31.4 Å². The van der Waals surface area contributed by atoms with Gasteiger partial charge in [-0.25, -0.2) is 0 Å². The molecule has 1 fully saturated rings. The van der Waals surface area contributed by atoms with Gasteiger partial charge in [0.05, 0.1) is 0 Å². The van der Waals surface area contributed by atoms with Crippen LogP contribution < -0.4 is 16.0 Å². The first-order valence-corrected chi connectivity index (χ1v) is 8.03. The SMILES string of the molecule is CCNC(=O)c1ccc(CNC(=O)CCC2CCNC2)cc1. The molecule has 2 rings (SSSR count). The molecule has 5 nitrogen and oxygen atoms in total. The lowest BCUT2D eigenvalue weighted by atomic mass is 10.0. The number of amides is 2. The van der Waals surface area contributed by atoms with Crippen molar-refractivity contribution in [2.24, 2.45) is 5.92 Å². The van der Waals surface area contributed by atoms with Crippen molar-refractivity contribution >= 4 is 11.8 Å². The molecule has 1 aliphatic rings. The second-order valence-corrected chi connectivity index (χ2v) is 5.73. The van der Waals surface area contributed by atoms with E-state index in [0.717, 1.165) is 25.1 Å². The Labute approximate surface area is 131 Å². The molecule has 1 aliphatic heterocycles. The third-order valence-corrected chi connectivity index (χ3v) is 3.99. The van der Waals surface area contributed by atoms with Crippen LogP contribution in [0.5, 0.6) is 0 Å². The number of carbonyl (C=O) groups excluding carboxylic acids is 2. The molecule has 2 amide bonds. The summed E-state index contributed by atoms with van der Waals surface area (Å²) in [5, 5.41) is 9.01. The van der Waals surface area contributed by atoms with Gasteiger partial charge in [0, 0.05) is 25.1 Å².